The van der Waals surface area contributed by atoms with Gasteiger partial charge in [0.1, 0.15) is 5.56 Å². The monoisotopic (exact) mass is 356 g/mol. The van der Waals surface area contributed by atoms with E-state index in [2.05, 4.69) is 10.2 Å². The van der Waals surface area contributed by atoms with Gasteiger partial charge in [-0.2, -0.15) is 5.10 Å². The van der Waals surface area contributed by atoms with Gasteiger partial charge in [-0.05, 0) is 38.3 Å². The van der Waals surface area contributed by atoms with Crippen LogP contribution in [0.15, 0.2) is 17.1 Å². The third-order valence-corrected chi connectivity index (χ3v) is 5.43. The van der Waals surface area contributed by atoms with Gasteiger partial charge in [0.2, 0.25) is 0 Å². The van der Waals surface area contributed by atoms with Crippen LogP contribution in [0, 0.1) is 13.8 Å². The lowest BCUT2D eigenvalue weighted by Gasteiger charge is -2.27. The summed E-state index contributed by atoms with van der Waals surface area (Å²) in [7, 11) is 0. The highest BCUT2D eigenvalue weighted by Gasteiger charge is 2.28. The SMILES string of the molecule is Cc1ccn(CC2CCCO2)c(=O)c1C(=O)N1CCc2n[nH]c(C)c2C1. The van der Waals surface area contributed by atoms with Gasteiger partial charge in [-0.15, -0.1) is 0 Å². The van der Waals surface area contributed by atoms with E-state index in [0.29, 0.717) is 26.1 Å². The van der Waals surface area contributed by atoms with Crippen LogP contribution in [-0.2, 0) is 24.2 Å². The Bertz CT molecular complexity index is 893. The van der Waals surface area contributed by atoms with Crippen LogP contribution in [0.5, 0.6) is 0 Å². The van der Waals surface area contributed by atoms with Gasteiger partial charge < -0.3 is 14.2 Å². The van der Waals surface area contributed by atoms with Crippen LogP contribution in [0.25, 0.3) is 0 Å². The minimum atomic E-state index is -0.222. The first kappa shape index (κ1) is 17.0. The van der Waals surface area contributed by atoms with Crippen molar-refractivity contribution in [1.29, 1.82) is 0 Å². The summed E-state index contributed by atoms with van der Waals surface area (Å²) in [5, 5.41) is 7.27. The summed E-state index contributed by atoms with van der Waals surface area (Å²) in [4.78, 5) is 27.8. The van der Waals surface area contributed by atoms with E-state index < -0.39 is 0 Å². The Balaban J connectivity index is 1.61. The standard InChI is InChI=1S/C19H24N4O3/c1-12-5-7-22(10-14-4-3-9-26-14)18(24)17(12)19(25)23-8-6-16-15(11-23)13(2)20-21-16/h5,7,14H,3-4,6,8-11H2,1-2H3,(H,20,21). The van der Waals surface area contributed by atoms with Crippen molar-refractivity contribution in [2.24, 2.45) is 0 Å². The number of carbonyl (C=O) groups excluding carboxylic acids is 1. The molecule has 1 amide bonds. The van der Waals surface area contributed by atoms with E-state index in [9.17, 15) is 9.59 Å². The Hall–Kier alpha value is -2.41. The highest BCUT2D eigenvalue weighted by atomic mass is 16.5. The van der Waals surface area contributed by atoms with E-state index in [-0.39, 0.29) is 23.1 Å². The number of pyridine rings is 1. The first-order chi connectivity index (χ1) is 12.5. The zero-order chi connectivity index (χ0) is 18.3. The number of carbonyl (C=O) groups is 1. The molecule has 7 heteroatoms. The molecule has 1 fully saturated rings. The lowest BCUT2D eigenvalue weighted by Crippen LogP contribution is -2.40. The molecule has 0 bridgehead atoms. The van der Waals surface area contributed by atoms with Crippen molar-refractivity contribution < 1.29 is 9.53 Å². The summed E-state index contributed by atoms with van der Waals surface area (Å²) in [5.74, 6) is -0.194. The maximum atomic E-state index is 13.1. The quantitative estimate of drug-likeness (QED) is 0.905. The average Bonchev–Trinajstić information content (AvgIpc) is 3.27. The van der Waals surface area contributed by atoms with Crippen LogP contribution < -0.4 is 5.56 Å². The lowest BCUT2D eigenvalue weighted by molar-refractivity contribution is 0.0727. The molecule has 1 N–H and O–H groups in total. The fraction of sp³-hybridized carbons (Fsp3) is 0.526. The summed E-state index contributed by atoms with van der Waals surface area (Å²) in [6, 6.07) is 1.85. The molecule has 1 atom stereocenters. The van der Waals surface area contributed by atoms with Crippen LogP contribution >= 0.6 is 0 Å². The topological polar surface area (TPSA) is 80.2 Å². The van der Waals surface area contributed by atoms with E-state index in [4.69, 9.17) is 4.74 Å². The molecule has 138 valence electrons. The zero-order valence-electron chi connectivity index (χ0n) is 15.2. The van der Waals surface area contributed by atoms with Crippen molar-refractivity contribution in [3.05, 3.63) is 50.7 Å². The number of amides is 1. The molecular weight excluding hydrogens is 332 g/mol. The molecular formula is C19H24N4O3. The highest BCUT2D eigenvalue weighted by molar-refractivity contribution is 5.95. The van der Waals surface area contributed by atoms with Crippen LogP contribution in [-0.4, -0.2) is 44.8 Å². The van der Waals surface area contributed by atoms with Crippen molar-refractivity contribution in [3.8, 4) is 0 Å². The van der Waals surface area contributed by atoms with Gasteiger partial charge in [0.25, 0.3) is 11.5 Å². The predicted octanol–water partition coefficient (Wildman–Crippen LogP) is 1.57. The van der Waals surface area contributed by atoms with Crippen molar-refractivity contribution in [3.63, 3.8) is 0 Å². The molecule has 0 aromatic carbocycles. The van der Waals surface area contributed by atoms with Gasteiger partial charge in [0.05, 0.1) is 18.3 Å². The number of nitrogens with zero attached hydrogens (tertiary/aromatic N) is 3. The number of hydrogen-bond donors (Lipinski definition) is 1. The zero-order valence-corrected chi connectivity index (χ0v) is 15.2. The molecule has 1 unspecified atom stereocenters. The smallest absolute Gasteiger partial charge is 0.263 e. The average molecular weight is 356 g/mol. The first-order valence-electron chi connectivity index (χ1n) is 9.18. The van der Waals surface area contributed by atoms with Crippen LogP contribution in [0.2, 0.25) is 0 Å². The number of ether oxygens (including phenoxy) is 1. The molecule has 0 spiro atoms. The Morgan fingerprint density at radius 2 is 2.27 bits per heavy atom. The summed E-state index contributed by atoms with van der Waals surface area (Å²) in [6.07, 6.45) is 4.52. The van der Waals surface area contributed by atoms with E-state index in [0.717, 1.165) is 42.0 Å². The third-order valence-electron chi connectivity index (χ3n) is 5.43. The molecule has 2 aliphatic heterocycles. The second-order valence-electron chi connectivity index (χ2n) is 7.22. The molecule has 7 nitrogen and oxygen atoms in total. The molecule has 2 aliphatic rings. The third kappa shape index (κ3) is 2.96. The van der Waals surface area contributed by atoms with Gasteiger partial charge in [-0.25, -0.2) is 0 Å². The van der Waals surface area contributed by atoms with E-state index in [1.54, 1.807) is 15.7 Å². The maximum Gasteiger partial charge on any atom is 0.263 e. The Labute approximate surface area is 152 Å². The number of fused-ring (bicyclic) bond motifs is 1. The number of nitrogens with one attached hydrogen (secondary N) is 1. The molecule has 2 aromatic heterocycles. The van der Waals surface area contributed by atoms with Crippen LogP contribution in [0.3, 0.4) is 0 Å². The molecule has 4 heterocycles. The molecule has 4 rings (SSSR count). The van der Waals surface area contributed by atoms with E-state index in [1.165, 1.54) is 0 Å². The maximum absolute atomic E-state index is 13.1. The fourth-order valence-corrected chi connectivity index (χ4v) is 3.84. The number of hydrogen-bond acceptors (Lipinski definition) is 4. The largest absolute Gasteiger partial charge is 0.376 e. The van der Waals surface area contributed by atoms with Gasteiger partial charge in [-0.3, -0.25) is 14.7 Å². The minimum absolute atomic E-state index is 0.0597. The number of aromatic nitrogens is 3. The lowest BCUT2D eigenvalue weighted by atomic mass is 10.0. The molecule has 0 radical (unpaired) electrons. The van der Waals surface area contributed by atoms with Crippen molar-refractivity contribution >= 4 is 5.91 Å². The predicted molar refractivity (Wildman–Crippen MR) is 96.2 cm³/mol. The van der Waals surface area contributed by atoms with E-state index >= 15 is 0 Å². The van der Waals surface area contributed by atoms with Crippen molar-refractivity contribution in [1.82, 2.24) is 19.7 Å². The number of aromatic amines is 1. The van der Waals surface area contributed by atoms with Crippen molar-refractivity contribution in [2.45, 2.75) is 52.3 Å². The summed E-state index contributed by atoms with van der Waals surface area (Å²) in [6.45, 7) is 6.11. The molecule has 1 saturated heterocycles. The first-order valence-corrected chi connectivity index (χ1v) is 9.18. The van der Waals surface area contributed by atoms with Gasteiger partial charge in [0, 0.05) is 43.6 Å². The van der Waals surface area contributed by atoms with Gasteiger partial charge in [0.15, 0.2) is 0 Å². The summed E-state index contributed by atoms with van der Waals surface area (Å²) >= 11 is 0. The molecule has 0 aliphatic carbocycles. The summed E-state index contributed by atoms with van der Waals surface area (Å²) < 4.78 is 7.26. The molecule has 2 aromatic rings. The second-order valence-corrected chi connectivity index (χ2v) is 7.22. The Morgan fingerprint density at radius 1 is 1.42 bits per heavy atom. The second kappa shape index (κ2) is 6.72. The normalized spacial score (nSPS) is 19.6. The van der Waals surface area contributed by atoms with Crippen molar-refractivity contribution in [2.75, 3.05) is 13.2 Å². The Morgan fingerprint density at radius 3 is 3.04 bits per heavy atom. The summed E-state index contributed by atoms with van der Waals surface area (Å²) in [5.41, 5.74) is 3.84. The van der Waals surface area contributed by atoms with Gasteiger partial charge >= 0.3 is 0 Å². The molecule has 26 heavy (non-hydrogen) atoms. The Kier molecular flexibility index (Phi) is 4.40. The number of H-pyrrole nitrogens is 1. The number of aryl methyl sites for hydroxylation is 2. The minimum Gasteiger partial charge on any atom is -0.376 e. The molecule has 0 saturated carbocycles. The van der Waals surface area contributed by atoms with Crippen LogP contribution in [0.1, 0.15) is 45.7 Å². The fourth-order valence-electron chi connectivity index (χ4n) is 3.84. The van der Waals surface area contributed by atoms with Gasteiger partial charge in [-0.1, -0.05) is 0 Å². The van der Waals surface area contributed by atoms with E-state index in [1.807, 2.05) is 19.9 Å². The number of rotatable bonds is 3. The highest BCUT2D eigenvalue weighted by Crippen LogP contribution is 2.21. The van der Waals surface area contributed by atoms with Crippen LogP contribution in [0.4, 0.5) is 0 Å².